The van der Waals surface area contributed by atoms with Gasteiger partial charge in [-0.3, -0.25) is 0 Å². The summed E-state index contributed by atoms with van der Waals surface area (Å²) in [7, 11) is -3.26. The quantitative estimate of drug-likeness (QED) is 0.293. The molecule has 0 unspecified atom stereocenters. The summed E-state index contributed by atoms with van der Waals surface area (Å²) in [5.41, 5.74) is 6.25. The third-order valence-electron chi connectivity index (χ3n) is 0.350. The first kappa shape index (κ1) is 8.42. The van der Waals surface area contributed by atoms with Gasteiger partial charge in [-0.25, -0.2) is 10.2 Å². The highest BCUT2D eigenvalue weighted by molar-refractivity contribution is 7.53. The van der Waals surface area contributed by atoms with Gasteiger partial charge in [0.15, 0.2) is 0 Å². The normalized spacial score (nSPS) is 10.6. The van der Waals surface area contributed by atoms with Crippen LogP contribution in [0.3, 0.4) is 0 Å². The molecule has 0 aliphatic rings. The third-order valence-corrected chi connectivity index (χ3v) is 0.829. The average molecular weight is 153 g/mol. The first-order chi connectivity index (χ1) is 3.92. The molecule has 0 aromatic rings. The maximum Gasteiger partial charge on any atom is 0.332 e. The number of nitrogens with one attached hydrogen (secondary N) is 1. The Morgan fingerprint density at radius 1 is 1.78 bits per heavy atom. The van der Waals surface area contributed by atoms with E-state index in [1.165, 1.54) is 0 Å². The monoisotopic (exact) mass is 153 g/mol. The average Bonchev–Trinajstić information content (AvgIpc) is 1.59. The summed E-state index contributed by atoms with van der Waals surface area (Å²) in [5, 5.41) is 0. The van der Waals surface area contributed by atoms with Gasteiger partial charge in [-0.2, -0.15) is 0 Å². The molecule has 0 aromatic carbocycles. The summed E-state index contributed by atoms with van der Waals surface area (Å²) in [6, 6.07) is -0.913. The largest absolute Gasteiger partial charge is 0.350 e. The molecule has 0 aromatic heterocycles. The zero-order chi connectivity index (χ0) is 7.49. The molecular weight excluding hydrogens is 145 g/mol. The first-order valence-corrected chi connectivity index (χ1v) is 4.11. The minimum atomic E-state index is -3.26. The van der Waals surface area contributed by atoms with Crippen molar-refractivity contribution in [3.63, 3.8) is 0 Å². The van der Waals surface area contributed by atoms with Crippen LogP contribution >= 0.6 is 7.51 Å². The van der Waals surface area contributed by atoms with Crippen LogP contribution in [0.25, 0.3) is 0 Å². The van der Waals surface area contributed by atoms with Gasteiger partial charge < -0.3 is 15.5 Å². The summed E-state index contributed by atoms with van der Waals surface area (Å²) in [6.07, 6.45) is 0. The second-order valence-electron chi connectivity index (χ2n) is 1.44. The van der Waals surface area contributed by atoms with E-state index in [0.29, 0.717) is 0 Å². The molecule has 2 amide bonds. The molecular formula is C2H8N3O3P. The van der Waals surface area contributed by atoms with Crippen molar-refractivity contribution in [3.05, 3.63) is 0 Å². The number of amides is 2. The lowest BCUT2D eigenvalue weighted by Crippen LogP contribution is -2.23. The molecule has 0 fully saturated rings. The van der Waals surface area contributed by atoms with E-state index in [1.54, 1.807) is 5.43 Å². The molecule has 0 aliphatic heterocycles. The van der Waals surface area contributed by atoms with Crippen LogP contribution < -0.4 is 11.2 Å². The Hall–Kier alpha value is -0.580. The van der Waals surface area contributed by atoms with Crippen molar-refractivity contribution in [1.82, 2.24) is 5.43 Å². The highest BCUT2D eigenvalue weighted by atomic mass is 31.2. The fourth-order valence-corrected chi connectivity index (χ4v) is 0.432. The fraction of sp³-hybridized carbons (Fsp3) is 0.500. The maximum absolute atomic E-state index is 9.86. The number of hydrogen-bond donors (Lipinski definition) is 4. The molecule has 0 atom stereocenters. The molecule has 0 heterocycles. The van der Waals surface area contributed by atoms with Crippen molar-refractivity contribution < 1.29 is 14.6 Å². The zero-order valence-electron chi connectivity index (χ0n) is 4.77. The summed E-state index contributed by atoms with van der Waals surface area (Å²) in [4.78, 5) is 29.8. The second-order valence-corrected chi connectivity index (χ2v) is 3.38. The highest BCUT2D eigenvalue weighted by Crippen LogP contribution is 2.32. The molecule has 0 spiro atoms. The smallest absolute Gasteiger partial charge is 0.332 e. The Labute approximate surface area is 51.9 Å². The third kappa shape index (κ3) is 7.42. The predicted octanol–water partition coefficient (Wildman–Crippen LogP) is -0.785. The van der Waals surface area contributed by atoms with E-state index in [2.05, 4.69) is 10.6 Å². The van der Waals surface area contributed by atoms with Crippen molar-refractivity contribution >= 4 is 13.5 Å². The predicted molar refractivity (Wildman–Crippen MR) is 32.4 cm³/mol. The van der Waals surface area contributed by atoms with Gasteiger partial charge in [0, 0.05) is 6.66 Å². The maximum atomic E-state index is 9.86. The fourth-order valence-electron chi connectivity index (χ4n) is 0.144. The zero-order valence-corrected chi connectivity index (χ0v) is 5.67. The van der Waals surface area contributed by atoms with Crippen molar-refractivity contribution in [2.75, 3.05) is 6.66 Å². The summed E-state index contributed by atoms with van der Waals surface area (Å²) in [6.45, 7) is 1.09. The number of carbonyl (C=O) groups excluding carboxylic acids is 1. The van der Waals surface area contributed by atoms with Crippen LogP contribution in [0.4, 0.5) is 4.79 Å². The number of primary amides is 1. The van der Waals surface area contributed by atoms with Gasteiger partial charge >= 0.3 is 6.03 Å². The van der Waals surface area contributed by atoms with Crippen molar-refractivity contribution in [2.45, 2.75) is 0 Å². The van der Waals surface area contributed by atoms with E-state index >= 15 is 0 Å². The number of hydrogen-bond acceptors (Lipinski definition) is 2. The standard InChI is InChI=1S/C2H8N3O3P/c1-9(7,8)5-4-2(3)6/h7-8H,1H3,(H3,3,4,6). The molecule has 0 aliphatic carbocycles. The van der Waals surface area contributed by atoms with Gasteiger partial charge in [0.2, 0.25) is 7.51 Å². The van der Waals surface area contributed by atoms with Crippen LogP contribution in [0.15, 0.2) is 4.85 Å². The van der Waals surface area contributed by atoms with Gasteiger partial charge in [0.25, 0.3) is 0 Å². The highest BCUT2D eigenvalue weighted by Gasteiger charge is 1.99. The van der Waals surface area contributed by atoms with Gasteiger partial charge in [-0.15, -0.1) is 4.85 Å². The van der Waals surface area contributed by atoms with Crippen LogP contribution in [-0.4, -0.2) is 22.5 Å². The molecule has 0 radical (unpaired) electrons. The van der Waals surface area contributed by atoms with E-state index in [4.69, 9.17) is 9.79 Å². The Morgan fingerprint density at radius 2 is 2.22 bits per heavy atom. The molecule has 9 heavy (non-hydrogen) atoms. The van der Waals surface area contributed by atoms with Crippen LogP contribution in [0.1, 0.15) is 0 Å². The van der Waals surface area contributed by atoms with Gasteiger partial charge in [-0.05, 0) is 0 Å². The van der Waals surface area contributed by atoms with E-state index in [0.717, 1.165) is 6.66 Å². The molecule has 5 N–H and O–H groups in total. The van der Waals surface area contributed by atoms with Crippen molar-refractivity contribution in [2.24, 2.45) is 10.6 Å². The SMILES string of the molecule is CP(O)(O)=NNC(N)=O. The molecule has 0 saturated heterocycles. The number of urea groups is 1. The van der Waals surface area contributed by atoms with Crippen LogP contribution in [-0.2, 0) is 0 Å². The van der Waals surface area contributed by atoms with Gasteiger partial charge in [0.1, 0.15) is 0 Å². The van der Waals surface area contributed by atoms with Crippen LogP contribution in [0.5, 0.6) is 0 Å². The molecule has 54 valence electrons. The summed E-state index contributed by atoms with van der Waals surface area (Å²) in [5.74, 6) is 0. The molecule has 0 saturated carbocycles. The van der Waals surface area contributed by atoms with Crippen LogP contribution in [0.2, 0.25) is 0 Å². The molecule has 7 heteroatoms. The van der Waals surface area contributed by atoms with E-state index < -0.39 is 13.5 Å². The van der Waals surface area contributed by atoms with Crippen LogP contribution in [0, 0.1) is 0 Å². The Kier molecular flexibility index (Phi) is 2.64. The number of nitrogens with zero attached hydrogens (tertiary/aromatic N) is 1. The van der Waals surface area contributed by atoms with E-state index in [1.807, 2.05) is 0 Å². The van der Waals surface area contributed by atoms with Crippen molar-refractivity contribution in [3.8, 4) is 0 Å². The lowest BCUT2D eigenvalue weighted by molar-refractivity contribution is 0.249. The minimum Gasteiger partial charge on any atom is -0.350 e. The Balaban J connectivity index is 3.86. The molecule has 6 nitrogen and oxygen atoms in total. The molecule has 0 bridgehead atoms. The van der Waals surface area contributed by atoms with E-state index in [-0.39, 0.29) is 0 Å². The summed E-state index contributed by atoms with van der Waals surface area (Å²) < 4.78 is 0. The lowest BCUT2D eigenvalue weighted by Gasteiger charge is -2.00. The Bertz CT molecular complexity index is 152. The molecule has 0 rings (SSSR count). The topological polar surface area (TPSA) is 108 Å². The first-order valence-electron chi connectivity index (χ1n) is 2.01. The minimum absolute atomic E-state index is 0.913. The Morgan fingerprint density at radius 3 is 2.33 bits per heavy atom. The number of nitrogens with two attached hydrogens (primary N) is 1. The summed E-state index contributed by atoms with van der Waals surface area (Å²) >= 11 is 0. The van der Waals surface area contributed by atoms with Gasteiger partial charge in [0.05, 0.1) is 0 Å². The second kappa shape index (κ2) is 2.82. The number of rotatable bonds is 1. The number of carbonyl (C=O) groups is 1. The lowest BCUT2D eigenvalue weighted by atomic mass is 11.2. The van der Waals surface area contributed by atoms with Gasteiger partial charge in [-0.1, -0.05) is 0 Å². The van der Waals surface area contributed by atoms with Crippen molar-refractivity contribution in [1.29, 1.82) is 0 Å². The van der Waals surface area contributed by atoms with E-state index in [9.17, 15) is 4.79 Å².